The second-order valence-corrected chi connectivity index (χ2v) is 6.53. The van der Waals surface area contributed by atoms with Crippen molar-refractivity contribution in [2.24, 2.45) is 0 Å². The molecule has 2 amide bonds. The van der Waals surface area contributed by atoms with Crippen molar-refractivity contribution < 1.29 is 22.8 Å². The van der Waals surface area contributed by atoms with Gasteiger partial charge in [-0.1, -0.05) is 11.8 Å². The molecule has 0 saturated carbocycles. The monoisotopic (exact) mass is 366 g/mol. The van der Waals surface area contributed by atoms with Crippen LogP contribution in [0, 0.1) is 0 Å². The van der Waals surface area contributed by atoms with Crippen LogP contribution in [0.4, 0.5) is 8.78 Å². The fourth-order valence-electron chi connectivity index (χ4n) is 2.63. The topological polar surface area (TPSA) is 53.8 Å². The molecular formula is C17H16F2N2O3S. The lowest BCUT2D eigenvalue weighted by atomic mass is 10.2. The molecule has 0 atom stereocenters. The summed E-state index contributed by atoms with van der Waals surface area (Å²) >= 11 is 0.445. The number of carbonyl (C=O) groups is 2. The summed E-state index contributed by atoms with van der Waals surface area (Å²) in [5.41, 5.74) is 0.449. The van der Waals surface area contributed by atoms with Gasteiger partial charge in [0.05, 0.1) is 6.26 Å². The van der Waals surface area contributed by atoms with Crippen LogP contribution in [0.15, 0.2) is 52.0 Å². The van der Waals surface area contributed by atoms with Crippen LogP contribution >= 0.6 is 11.8 Å². The molecule has 2 aromatic rings. The van der Waals surface area contributed by atoms with Gasteiger partial charge in [0, 0.05) is 36.6 Å². The van der Waals surface area contributed by atoms with Crippen molar-refractivity contribution in [3.05, 3.63) is 54.0 Å². The molecular weight excluding hydrogens is 350 g/mol. The molecule has 2 heterocycles. The number of rotatable bonds is 4. The molecule has 5 nitrogen and oxygen atoms in total. The summed E-state index contributed by atoms with van der Waals surface area (Å²) in [6, 6.07) is 9.39. The average molecular weight is 366 g/mol. The summed E-state index contributed by atoms with van der Waals surface area (Å²) in [6.07, 6.45) is 1.45. The first kappa shape index (κ1) is 17.5. The number of piperazine rings is 1. The van der Waals surface area contributed by atoms with E-state index in [2.05, 4.69) is 0 Å². The Morgan fingerprint density at radius 1 is 0.960 bits per heavy atom. The number of amides is 2. The summed E-state index contributed by atoms with van der Waals surface area (Å²) in [4.78, 5) is 28.4. The Morgan fingerprint density at radius 3 is 2.08 bits per heavy atom. The Hall–Kier alpha value is -2.35. The van der Waals surface area contributed by atoms with E-state index in [9.17, 15) is 18.4 Å². The smallest absolute Gasteiger partial charge is 0.289 e. The van der Waals surface area contributed by atoms with Crippen molar-refractivity contribution in [2.75, 3.05) is 26.2 Å². The quantitative estimate of drug-likeness (QED) is 0.780. The van der Waals surface area contributed by atoms with E-state index < -0.39 is 5.76 Å². The number of benzene rings is 1. The molecule has 1 fully saturated rings. The molecule has 0 bridgehead atoms. The fraction of sp³-hybridized carbons (Fsp3) is 0.294. The molecule has 1 aliphatic rings. The van der Waals surface area contributed by atoms with E-state index in [0.717, 1.165) is 0 Å². The van der Waals surface area contributed by atoms with E-state index in [-0.39, 0.29) is 17.6 Å². The first-order chi connectivity index (χ1) is 12.0. The molecule has 8 heteroatoms. The summed E-state index contributed by atoms with van der Waals surface area (Å²) < 4.78 is 29.7. The van der Waals surface area contributed by atoms with Gasteiger partial charge in [-0.2, -0.15) is 8.78 Å². The highest BCUT2D eigenvalue weighted by Crippen LogP contribution is 2.25. The van der Waals surface area contributed by atoms with Crippen LogP contribution in [-0.4, -0.2) is 53.6 Å². The highest BCUT2D eigenvalue weighted by Gasteiger charge is 2.26. The third-order valence-corrected chi connectivity index (χ3v) is 4.63. The SMILES string of the molecule is O=C(c1ccc(SC(F)F)cc1)N1CCN(C(=O)c2ccco2)CC1. The summed E-state index contributed by atoms with van der Waals surface area (Å²) in [5, 5.41) is 0. The number of nitrogens with zero attached hydrogens (tertiary/aromatic N) is 2. The Balaban J connectivity index is 1.57. The number of carbonyl (C=O) groups excluding carboxylic acids is 2. The Bertz CT molecular complexity index is 727. The van der Waals surface area contributed by atoms with E-state index in [1.165, 1.54) is 18.4 Å². The van der Waals surface area contributed by atoms with Gasteiger partial charge in [0.15, 0.2) is 5.76 Å². The normalized spacial score (nSPS) is 14.8. The van der Waals surface area contributed by atoms with E-state index in [4.69, 9.17) is 4.42 Å². The predicted octanol–water partition coefficient (Wildman–Crippen LogP) is 3.19. The van der Waals surface area contributed by atoms with Crippen molar-refractivity contribution in [3.63, 3.8) is 0 Å². The molecule has 0 spiro atoms. The number of halogens is 2. The van der Waals surface area contributed by atoms with Crippen molar-refractivity contribution in [1.29, 1.82) is 0 Å². The van der Waals surface area contributed by atoms with Crippen LogP contribution in [0.25, 0.3) is 0 Å². The zero-order valence-electron chi connectivity index (χ0n) is 13.2. The van der Waals surface area contributed by atoms with Gasteiger partial charge in [-0.05, 0) is 36.4 Å². The van der Waals surface area contributed by atoms with Crippen molar-refractivity contribution in [3.8, 4) is 0 Å². The minimum absolute atomic E-state index is 0.168. The molecule has 1 aromatic carbocycles. The molecule has 1 aromatic heterocycles. The maximum absolute atomic E-state index is 12.5. The van der Waals surface area contributed by atoms with E-state index in [1.54, 1.807) is 34.1 Å². The third kappa shape index (κ3) is 4.19. The molecule has 1 saturated heterocycles. The summed E-state index contributed by atoms with van der Waals surface area (Å²) in [6.45, 7) is 1.67. The van der Waals surface area contributed by atoms with Crippen LogP contribution in [0.2, 0.25) is 0 Å². The van der Waals surface area contributed by atoms with Crippen LogP contribution < -0.4 is 0 Å². The van der Waals surface area contributed by atoms with E-state index >= 15 is 0 Å². The van der Waals surface area contributed by atoms with Crippen LogP contribution in [0.1, 0.15) is 20.9 Å². The second kappa shape index (κ2) is 7.69. The zero-order valence-corrected chi connectivity index (χ0v) is 14.0. The van der Waals surface area contributed by atoms with Gasteiger partial charge >= 0.3 is 0 Å². The molecule has 0 radical (unpaired) electrons. The number of hydrogen-bond donors (Lipinski definition) is 0. The van der Waals surface area contributed by atoms with Crippen LogP contribution in [-0.2, 0) is 0 Å². The van der Waals surface area contributed by atoms with Gasteiger partial charge in [0.2, 0.25) is 0 Å². The lowest BCUT2D eigenvalue weighted by Crippen LogP contribution is -2.50. The maximum atomic E-state index is 12.5. The molecule has 0 unspecified atom stereocenters. The highest BCUT2D eigenvalue weighted by atomic mass is 32.2. The lowest BCUT2D eigenvalue weighted by molar-refractivity contribution is 0.0518. The fourth-order valence-corrected chi connectivity index (χ4v) is 3.13. The summed E-state index contributed by atoms with van der Waals surface area (Å²) in [5.74, 6) is -2.56. The zero-order chi connectivity index (χ0) is 17.8. The highest BCUT2D eigenvalue weighted by molar-refractivity contribution is 7.99. The van der Waals surface area contributed by atoms with Crippen LogP contribution in [0.3, 0.4) is 0 Å². The molecule has 0 aliphatic carbocycles. The van der Waals surface area contributed by atoms with Crippen molar-refractivity contribution >= 4 is 23.6 Å². The Morgan fingerprint density at radius 2 is 1.56 bits per heavy atom. The number of thioether (sulfide) groups is 1. The lowest BCUT2D eigenvalue weighted by Gasteiger charge is -2.34. The average Bonchev–Trinajstić information content (AvgIpc) is 3.15. The number of alkyl halides is 2. The molecule has 132 valence electrons. The van der Waals surface area contributed by atoms with Gasteiger partial charge in [0.1, 0.15) is 0 Å². The summed E-state index contributed by atoms with van der Waals surface area (Å²) in [7, 11) is 0. The molecule has 3 rings (SSSR count). The van der Waals surface area contributed by atoms with Gasteiger partial charge in [-0.25, -0.2) is 0 Å². The van der Waals surface area contributed by atoms with Crippen LogP contribution in [0.5, 0.6) is 0 Å². The van der Waals surface area contributed by atoms with Gasteiger partial charge in [-0.15, -0.1) is 0 Å². The molecule has 25 heavy (non-hydrogen) atoms. The standard InChI is InChI=1S/C17H16F2N2O3S/c18-17(19)25-13-5-3-12(4-6-13)15(22)20-7-9-21(10-8-20)16(23)14-2-1-11-24-14/h1-6,11,17H,7-10H2. The largest absolute Gasteiger partial charge is 0.459 e. The minimum atomic E-state index is -2.48. The van der Waals surface area contributed by atoms with Gasteiger partial charge in [0.25, 0.3) is 17.6 Å². The van der Waals surface area contributed by atoms with E-state index in [0.29, 0.717) is 48.4 Å². The maximum Gasteiger partial charge on any atom is 0.289 e. The van der Waals surface area contributed by atoms with Crippen molar-refractivity contribution in [1.82, 2.24) is 9.80 Å². The van der Waals surface area contributed by atoms with E-state index in [1.807, 2.05) is 0 Å². The Kier molecular flexibility index (Phi) is 5.37. The molecule has 1 aliphatic heterocycles. The predicted molar refractivity (Wildman–Crippen MR) is 88.8 cm³/mol. The molecule has 0 N–H and O–H groups in total. The number of furan rings is 1. The first-order valence-electron chi connectivity index (χ1n) is 7.71. The van der Waals surface area contributed by atoms with Crippen molar-refractivity contribution in [2.45, 2.75) is 10.7 Å². The minimum Gasteiger partial charge on any atom is -0.459 e. The van der Waals surface area contributed by atoms with Gasteiger partial charge in [-0.3, -0.25) is 9.59 Å². The first-order valence-corrected chi connectivity index (χ1v) is 8.59. The Labute approximate surface area is 147 Å². The number of hydrogen-bond acceptors (Lipinski definition) is 4. The second-order valence-electron chi connectivity index (χ2n) is 5.46. The third-order valence-electron chi connectivity index (χ3n) is 3.91. The van der Waals surface area contributed by atoms with Gasteiger partial charge < -0.3 is 14.2 Å².